The lowest BCUT2D eigenvalue weighted by molar-refractivity contribution is -0.142. The number of carbonyl (C=O) groups excluding carboxylic acids is 2. The Balaban J connectivity index is 2.62. The van der Waals surface area contributed by atoms with E-state index in [9.17, 15) is 18.0 Å². The summed E-state index contributed by atoms with van der Waals surface area (Å²) in [6.45, 7) is 0.890. The van der Waals surface area contributed by atoms with Crippen LogP contribution in [-0.4, -0.2) is 70.6 Å². The molecule has 7 nitrogen and oxygen atoms in total. The second kappa shape index (κ2) is 7.58. The van der Waals surface area contributed by atoms with E-state index in [1.165, 1.54) is 19.1 Å². The van der Waals surface area contributed by atoms with Crippen LogP contribution in [0.25, 0.3) is 0 Å². The minimum atomic E-state index is -3.10. The number of rotatable bonds is 7. The quantitative estimate of drug-likeness (QED) is 0.587. The predicted molar refractivity (Wildman–Crippen MR) is 71.8 cm³/mol. The minimum Gasteiger partial charge on any atom is -0.469 e. The van der Waals surface area contributed by atoms with Gasteiger partial charge in [-0.1, -0.05) is 0 Å². The molecule has 0 bridgehead atoms. The number of sulfone groups is 1. The lowest BCUT2D eigenvalue weighted by atomic mass is 10.1. The molecule has 1 unspecified atom stereocenters. The van der Waals surface area contributed by atoms with Crippen LogP contribution < -0.4 is 0 Å². The molecule has 1 saturated heterocycles. The van der Waals surface area contributed by atoms with Gasteiger partial charge in [0.15, 0.2) is 9.84 Å². The molecule has 8 heteroatoms. The number of hydrogen-bond donors (Lipinski definition) is 0. The summed E-state index contributed by atoms with van der Waals surface area (Å²) in [4.78, 5) is 24.9. The molecule has 0 saturated carbocycles. The smallest absolute Gasteiger partial charge is 0.307 e. The van der Waals surface area contributed by atoms with Gasteiger partial charge >= 0.3 is 5.97 Å². The molecule has 0 aromatic heterocycles. The van der Waals surface area contributed by atoms with Gasteiger partial charge in [-0.25, -0.2) is 8.42 Å². The van der Waals surface area contributed by atoms with Crippen molar-refractivity contribution in [1.29, 1.82) is 0 Å². The van der Waals surface area contributed by atoms with E-state index >= 15 is 0 Å². The number of methoxy groups -OCH3 is 2. The molecule has 0 N–H and O–H groups in total. The lowest BCUT2D eigenvalue weighted by Gasteiger charge is -2.24. The third kappa shape index (κ3) is 5.09. The van der Waals surface area contributed by atoms with E-state index in [4.69, 9.17) is 4.74 Å². The summed E-state index contributed by atoms with van der Waals surface area (Å²) in [5.41, 5.74) is 0. The lowest BCUT2D eigenvalue weighted by Crippen LogP contribution is -2.40. The highest BCUT2D eigenvalue weighted by molar-refractivity contribution is 7.91. The molecule has 20 heavy (non-hydrogen) atoms. The summed E-state index contributed by atoms with van der Waals surface area (Å²) < 4.78 is 32.3. The summed E-state index contributed by atoms with van der Waals surface area (Å²) in [6, 6.07) is 0. The van der Waals surface area contributed by atoms with Gasteiger partial charge in [0.1, 0.15) is 0 Å². The Bertz CT molecular complexity index is 447. The average Bonchev–Trinajstić information content (AvgIpc) is 2.78. The van der Waals surface area contributed by atoms with Crippen molar-refractivity contribution in [2.24, 2.45) is 5.92 Å². The molecule has 0 aliphatic carbocycles. The number of esters is 1. The Labute approximate surface area is 119 Å². The first-order valence-electron chi connectivity index (χ1n) is 6.44. The van der Waals surface area contributed by atoms with Crippen LogP contribution in [-0.2, 0) is 28.9 Å². The van der Waals surface area contributed by atoms with Gasteiger partial charge in [0.2, 0.25) is 5.91 Å². The predicted octanol–water partition coefficient (Wildman–Crippen LogP) is -0.541. The molecular formula is C12H21NO6S. The maximum absolute atomic E-state index is 12.3. The molecule has 1 rings (SSSR count). The van der Waals surface area contributed by atoms with Gasteiger partial charge in [0.05, 0.1) is 37.6 Å². The van der Waals surface area contributed by atoms with E-state index in [1.54, 1.807) is 0 Å². The SMILES string of the molecule is COCCN(CCC(=O)OC)C(=O)C1CCS(=O)(=O)C1. The Morgan fingerprint density at radius 2 is 1.95 bits per heavy atom. The van der Waals surface area contributed by atoms with Crippen LogP contribution in [0.3, 0.4) is 0 Å². The van der Waals surface area contributed by atoms with Crippen molar-refractivity contribution in [3.8, 4) is 0 Å². The van der Waals surface area contributed by atoms with Gasteiger partial charge in [-0.3, -0.25) is 9.59 Å². The average molecular weight is 307 g/mol. The highest BCUT2D eigenvalue weighted by Crippen LogP contribution is 2.20. The third-order valence-corrected chi connectivity index (χ3v) is 5.04. The molecule has 1 atom stereocenters. The molecule has 116 valence electrons. The fraction of sp³-hybridized carbons (Fsp3) is 0.833. The minimum absolute atomic E-state index is 0.0541. The zero-order valence-corrected chi connectivity index (χ0v) is 12.6. The number of nitrogens with zero attached hydrogens (tertiary/aromatic N) is 1. The van der Waals surface area contributed by atoms with E-state index in [0.717, 1.165) is 0 Å². The van der Waals surface area contributed by atoms with Crippen LogP contribution >= 0.6 is 0 Å². The van der Waals surface area contributed by atoms with Gasteiger partial charge in [0, 0.05) is 20.2 Å². The molecular weight excluding hydrogens is 286 g/mol. The highest BCUT2D eigenvalue weighted by atomic mass is 32.2. The van der Waals surface area contributed by atoms with Crippen LogP contribution in [0.5, 0.6) is 0 Å². The van der Waals surface area contributed by atoms with E-state index in [2.05, 4.69) is 4.74 Å². The van der Waals surface area contributed by atoms with Crippen molar-refractivity contribution >= 4 is 21.7 Å². The first-order chi connectivity index (χ1) is 9.39. The second-order valence-corrected chi connectivity index (χ2v) is 6.97. The van der Waals surface area contributed by atoms with Crippen LogP contribution in [0, 0.1) is 5.92 Å². The molecule has 0 spiro atoms. The number of hydrogen-bond acceptors (Lipinski definition) is 6. The molecule has 1 fully saturated rings. The zero-order valence-electron chi connectivity index (χ0n) is 11.8. The number of ether oxygens (including phenoxy) is 2. The standard InChI is InChI=1S/C12H21NO6S/c1-18-7-6-13(5-3-11(14)19-2)12(15)10-4-8-20(16,17)9-10/h10H,3-9H2,1-2H3. The summed E-state index contributed by atoms with van der Waals surface area (Å²) in [7, 11) is -0.299. The van der Waals surface area contributed by atoms with Gasteiger partial charge < -0.3 is 14.4 Å². The van der Waals surface area contributed by atoms with E-state index in [1.807, 2.05) is 0 Å². The van der Waals surface area contributed by atoms with Crippen molar-refractivity contribution in [2.45, 2.75) is 12.8 Å². The van der Waals surface area contributed by atoms with E-state index in [0.29, 0.717) is 19.6 Å². The Hall–Kier alpha value is -1.15. The van der Waals surface area contributed by atoms with Crippen LogP contribution in [0.15, 0.2) is 0 Å². The molecule has 0 aromatic carbocycles. The molecule has 1 heterocycles. The topological polar surface area (TPSA) is 90.0 Å². The largest absolute Gasteiger partial charge is 0.469 e. The zero-order chi connectivity index (χ0) is 15.2. The van der Waals surface area contributed by atoms with Gasteiger partial charge in [0.25, 0.3) is 0 Å². The summed E-state index contributed by atoms with van der Waals surface area (Å²) in [5, 5.41) is 0. The maximum atomic E-state index is 12.3. The highest BCUT2D eigenvalue weighted by Gasteiger charge is 2.35. The van der Waals surface area contributed by atoms with Crippen molar-refractivity contribution < 1.29 is 27.5 Å². The fourth-order valence-electron chi connectivity index (χ4n) is 2.11. The number of amides is 1. The van der Waals surface area contributed by atoms with Gasteiger partial charge in [-0.15, -0.1) is 0 Å². The number of carbonyl (C=O) groups is 2. The van der Waals surface area contributed by atoms with Crippen molar-refractivity contribution in [2.75, 3.05) is 45.4 Å². The molecule has 1 amide bonds. The van der Waals surface area contributed by atoms with Crippen LogP contribution in [0.1, 0.15) is 12.8 Å². The Morgan fingerprint density at radius 1 is 1.25 bits per heavy atom. The summed E-state index contributed by atoms with van der Waals surface area (Å²) in [5.74, 6) is -1.19. The summed E-state index contributed by atoms with van der Waals surface area (Å²) in [6.07, 6.45) is 0.439. The molecule has 1 aliphatic heterocycles. The molecule has 0 aromatic rings. The van der Waals surface area contributed by atoms with E-state index < -0.39 is 21.7 Å². The monoisotopic (exact) mass is 307 g/mol. The van der Waals surface area contributed by atoms with E-state index in [-0.39, 0.29) is 30.4 Å². The maximum Gasteiger partial charge on any atom is 0.307 e. The first-order valence-corrected chi connectivity index (χ1v) is 8.26. The second-order valence-electron chi connectivity index (χ2n) is 4.74. The van der Waals surface area contributed by atoms with Crippen molar-refractivity contribution in [1.82, 2.24) is 4.90 Å². The molecule has 0 radical (unpaired) electrons. The van der Waals surface area contributed by atoms with Gasteiger partial charge in [-0.05, 0) is 6.42 Å². The van der Waals surface area contributed by atoms with Crippen molar-refractivity contribution in [3.63, 3.8) is 0 Å². The van der Waals surface area contributed by atoms with Gasteiger partial charge in [-0.2, -0.15) is 0 Å². The summed E-state index contributed by atoms with van der Waals surface area (Å²) >= 11 is 0. The fourth-order valence-corrected chi connectivity index (χ4v) is 3.84. The Kier molecular flexibility index (Phi) is 6.41. The third-order valence-electron chi connectivity index (χ3n) is 3.27. The normalized spacial score (nSPS) is 20.6. The van der Waals surface area contributed by atoms with Crippen LogP contribution in [0.4, 0.5) is 0 Å². The Morgan fingerprint density at radius 3 is 2.45 bits per heavy atom. The van der Waals surface area contributed by atoms with Crippen LogP contribution in [0.2, 0.25) is 0 Å². The van der Waals surface area contributed by atoms with Crippen molar-refractivity contribution in [3.05, 3.63) is 0 Å². The first kappa shape index (κ1) is 16.9. The molecule has 1 aliphatic rings.